The first-order valence-corrected chi connectivity index (χ1v) is 10.9. The molecule has 0 spiro atoms. The molecule has 2 heterocycles. The van der Waals surface area contributed by atoms with E-state index in [2.05, 4.69) is 15.3 Å². The lowest BCUT2D eigenvalue weighted by Gasteiger charge is -2.31. The predicted octanol–water partition coefficient (Wildman–Crippen LogP) is 1.87. The van der Waals surface area contributed by atoms with Crippen molar-refractivity contribution in [1.82, 2.24) is 14.3 Å². The van der Waals surface area contributed by atoms with Gasteiger partial charge in [0, 0.05) is 25.8 Å². The first kappa shape index (κ1) is 20.2. The highest BCUT2D eigenvalue weighted by molar-refractivity contribution is 7.89. The summed E-state index contributed by atoms with van der Waals surface area (Å²) in [6, 6.07) is 11.0. The van der Waals surface area contributed by atoms with Crippen molar-refractivity contribution in [1.29, 1.82) is 0 Å². The van der Waals surface area contributed by atoms with Crippen molar-refractivity contribution in [2.45, 2.75) is 19.3 Å². The molecule has 1 saturated heterocycles. The predicted molar refractivity (Wildman–Crippen MR) is 106 cm³/mol. The maximum Gasteiger partial charge on any atom is 0.354 e. The SMILES string of the molecule is O=C(O)c1ccnc(NCC2CCN(S(=O)(=O)CCc3ccccc3)CC2)n1. The lowest BCUT2D eigenvalue weighted by atomic mass is 9.98. The molecule has 1 aromatic heterocycles. The molecule has 0 radical (unpaired) electrons. The number of aromatic nitrogens is 2. The molecule has 0 saturated carbocycles. The van der Waals surface area contributed by atoms with Crippen LogP contribution in [0.5, 0.6) is 0 Å². The Kier molecular flexibility index (Phi) is 6.58. The van der Waals surface area contributed by atoms with Gasteiger partial charge in [-0.3, -0.25) is 0 Å². The minimum atomic E-state index is -3.26. The number of carbonyl (C=O) groups is 1. The summed E-state index contributed by atoms with van der Waals surface area (Å²) >= 11 is 0. The largest absolute Gasteiger partial charge is 0.477 e. The molecule has 1 aliphatic rings. The van der Waals surface area contributed by atoms with Gasteiger partial charge >= 0.3 is 5.97 Å². The summed E-state index contributed by atoms with van der Waals surface area (Å²) in [6.07, 6.45) is 3.41. The zero-order chi connectivity index (χ0) is 20.0. The molecule has 3 rings (SSSR count). The number of rotatable bonds is 8. The van der Waals surface area contributed by atoms with E-state index in [4.69, 9.17) is 5.11 Å². The van der Waals surface area contributed by atoms with Crippen LogP contribution in [0.4, 0.5) is 5.95 Å². The van der Waals surface area contributed by atoms with Crippen molar-refractivity contribution in [3.63, 3.8) is 0 Å². The average molecular weight is 404 g/mol. The molecule has 0 atom stereocenters. The Labute approximate surface area is 164 Å². The van der Waals surface area contributed by atoms with Gasteiger partial charge in [0.2, 0.25) is 16.0 Å². The summed E-state index contributed by atoms with van der Waals surface area (Å²) in [5.41, 5.74) is 0.964. The fraction of sp³-hybridized carbons (Fsp3) is 0.421. The number of benzene rings is 1. The first-order chi connectivity index (χ1) is 13.4. The molecule has 28 heavy (non-hydrogen) atoms. The number of nitrogens with one attached hydrogen (secondary N) is 1. The molecule has 1 aliphatic heterocycles. The molecule has 2 aromatic rings. The molecule has 0 unspecified atom stereocenters. The highest BCUT2D eigenvalue weighted by Gasteiger charge is 2.27. The minimum absolute atomic E-state index is 0.0585. The fourth-order valence-electron chi connectivity index (χ4n) is 3.21. The van der Waals surface area contributed by atoms with Crippen LogP contribution in [0.25, 0.3) is 0 Å². The fourth-order valence-corrected chi connectivity index (χ4v) is 4.73. The molecular weight excluding hydrogens is 380 g/mol. The first-order valence-electron chi connectivity index (χ1n) is 9.26. The highest BCUT2D eigenvalue weighted by Crippen LogP contribution is 2.20. The lowest BCUT2D eigenvalue weighted by molar-refractivity contribution is 0.0690. The molecule has 1 fully saturated rings. The van der Waals surface area contributed by atoms with Crippen LogP contribution in [-0.2, 0) is 16.4 Å². The number of sulfonamides is 1. The Hall–Kier alpha value is -2.52. The molecular formula is C19H24N4O4S. The smallest absolute Gasteiger partial charge is 0.354 e. The van der Waals surface area contributed by atoms with Gasteiger partial charge in [-0.15, -0.1) is 0 Å². The van der Waals surface area contributed by atoms with Crippen molar-refractivity contribution in [2.24, 2.45) is 5.92 Å². The zero-order valence-electron chi connectivity index (χ0n) is 15.5. The van der Waals surface area contributed by atoms with E-state index in [1.807, 2.05) is 30.3 Å². The Morgan fingerprint density at radius 3 is 2.57 bits per heavy atom. The van der Waals surface area contributed by atoms with Crippen molar-refractivity contribution >= 4 is 21.9 Å². The third-order valence-corrected chi connectivity index (χ3v) is 6.75. The Bertz CT molecular complexity index is 897. The average Bonchev–Trinajstić information content (AvgIpc) is 2.72. The summed E-state index contributed by atoms with van der Waals surface area (Å²) in [4.78, 5) is 18.9. The number of piperidine rings is 1. The van der Waals surface area contributed by atoms with Crippen LogP contribution in [0.1, 0.15) is 28.9 Å². The van der Waals surface area contributed by atoms with Gasteiger partial charge in [-0.2, -0.15) is 0 Å². The quantitative estimate of drug-likeness (QED) is 0.691. The summed E-state index contributed by atoms with van der Waals surface area (Å²) in [5.74, 6) is -0.412. The van der Waals surface area contributed by atoms with Gasteiger partial charge in [-0.25, -0.2) is 27.5 Å². The number of anilines is 1. The van der Waals surface area contributed by atoms with Crippen LogP contribution in [0, 0.1) is 5.92 Å². The Morgan fingerprint density at radius 1 is 1.18 bits per heavy atom. The van der Waals surface area contributed by atoms with E-state index in [0.29, 0.717) is 26.1 Å². The van der Waals surface area contributed by atoms with Crippen LogP contribution < -0.4 is 5.32 Å². The molecule has 1 aromatic carbocycles. The summed E-state index contributed by atoms with van der Waals surface area (Å²) < 4.78 is 26.7. The third kappa shape index (κ3) is 5.49. The maximum absolute atomic E-state index is 12.6. The number of carboxylic acid groups (broad SMARTS) is 1. The third-order valence-electron chi connectivity index (χ3n) is 4.88. The van der Waals surface area contributed by atoms with Gasteiger partial charge in [-0.1, -0.05) is 30.3 Å². The number of hydrogen-bond donors (Lipinski definition) is 2. The summed E-state index contributed by atoms with van der Waals surface area (Å²) in [6.45, 7) is 1.58. The molecule has 0 aliphatic carbocycles. The number of hydrogen-bond acceptors (Lipinski definition) is 6. The maximum atomic E-state index is 12.6. The normalized spacial score (nSPS) is 16.0. The van der Waals surface area contributed by atoms with Gasteiger partial charge in [-0.05, 0) is 36.8 Å². The van der Waals surface area contributed by atoms with E-state index in [0.717, 1.165) is 18.4 Å². The molecule has 0 bridgehead atoms. The van der Waals surface area contributed by atoms with Gasteiger partial charge < -0.3 is 10.4 Å². The standard InChI is InChI=1S/C19H24N4O4S/c24-18(25)17-6-10-20-19(22-17)21-14-16-7-11-23(12-8-16)28(26,27)13-9-15-4-2-1-3-5-15/h1-6,10,16H,7-9,11-14H2,(H,24,25)(H,20,21,22). The van der Waals surface area contributed by atoms with Gasteiger partial charge in [0.05, 0.1) is 5.75 Å². The number of aryl methyl sites for hydroxylation is 1. The second kappa shape index (κ2) is 9.11. The minimum Gasteiger partial charge on any atom is -0.477 e. The number of carboxylic acids is 1. The lowest BCUT2D eigenvalue weighted by Crippen LogP contribution is -2.41. The van der Waals surface area contributed by atoms with E-state index in [-0.39, 0.29) is 23.3 Å². The van der Waals surface area contributed by atoms with Crippen molar-refractivity contribution < 1.29 is 18.3 Å². The molecule has 150 valence electrons. The molecule has 0 amide bonds. The van der Waals surface area contributed by atoms with E-state index >= 15 is 0 Å². The van der Waals surface area contributed by atoms with Crippen LogP contribution in [0.15, 0.2) is 42.6 Å². The van der Waals surface area contributed by atoms with Gasteiger partial charge in [0.15, 0.2) is 5.69 Å². The van der Waals surface area contributed by atoms with Crippen LogP contribution in [0.3, 0.4) is 0 Å². The zero-order valence-corrected chi connectivity index (χ0v) is 16.3. The summed E-state index contributed by atoms with van der Waals surface area (Å²) in [7, 11) is -3.26. The summed E-state index contributed by atoms with van der Waals surface area (Å²) in [5, 5.41) is 12.0. The number of nitrogens with zero attached hydrogens (tertiary/aromatic N) is 3. The Morgan fingerprint density at radius 2 is 1.89 bits per heavy atom. The second-order valence-electron chi connectivity index (χ2n) is 6.85. The monoisotopic (exact) mass is 404 g/mol. The molecule has 8 nitrogen and oxygen atoms in total. The highest BCUT2D eigenvalue weighted by atomic mass is 32.2. The van der Waals surface area contributed by atoms with E-state index in [1.54, 1.807) is 4.31 Å². The van der Waals surface area contributed by atoms with Gasteiger partial charge in [0.1, 0.15) is 0 Å². The van der Waals surface area contributed by atoms with E-state index in [9.17, 15) is 13.2 Å². The van der Waals surface area contributed by atoms with E-state index in [1.165, 1.54) is 12.3 Å². The van der Waals surface area contributed by atoms with Crippen LogP contribution in [0.2, 0.25) is 0 Å². The van der Waals surface area contributed by atoms with E-state index < -0.39 is 16.0 Å². The van der Waals surface area contributed by atoms with Crippen LogP contribution >= 0.6 is 0 Å². The van der Waals surface area contributed by atoms with Crippen molar-refractivity contribution in [3.05, 3.63) is 53.9 Å². The second-order valence-corrected chi connectivity index (χ2v) is 8.93. The van der Waals surface area contributed by atoms with Crippen molar-refractivity contribution in [2.75, 3.05) is 30.7 Å². The van der Waals surface area contributed by atoms with Crippen molar-refractivity contribution in [3.8, 4) is 0 Å². The topological polar surface area (TPSA) is 112 Å². The number of aromatic carboxylic acids is 1. The van der Waals surface area contributed by atoms with Crippen LogP contribution in [-0.4, -0.2) is 59.2 Å². The molecule has 2 N–H and O–H groups in total. The van der Waals surface area contributed by atoms with Gasteiger partial charge in [0.25, 0.3) is 0 Å². The molecule has 9 heteroatoms. The Balaban J connectivity index is 1.46.